The number of benzene rings is 2. The zero-order valence-corrected chi connectivity index (χ0v) is 24.9. The molecule has 0 bridgehead atoms. The van der Waals surface area contributed by atoms with E-state index in [0.717, 1.165) is 78.8 Å². The van der Waals surface area contributed by atoms with E-state index in [1.807, 2.05) is 50.2 Å². The Bertz CT molecular complexity index is 1550. The van der Waals surface area contributed by atoms with Crippen molar-refractivity contribution in [1.29, 1.82) is 0 Å². The molecule has 1 aliphatic carbocycles. The number of nitrogens with zero attached hydrogens (tertiary/aromatic N) is 4. The first-order valence-electron chi connectivity index (χ1n) is 15.3. The molecule has 1 fully saturated rings. The highest BCUT2D eigenvalue weighted by molar-refractivity contribution is 5.96. The number of hydrogen-bond acceptors (Lipinski definition) is 4. The van der Waals surface area contributed by atoms with Crippen LogP contribution < -0.4 is 10.2 Å². The van der Waals surface area contributed by atoms with Crippen molar-refractivity contribution in [2.75, 3.05) is 11.4 Å². The molecule has 0 atom stereocenters. The van der Waals surface area contributed by atoms with E-state index >= 15 is 0 Å². The Morgan fingerprint density at radius 2 is 1.76 bits per heavy atom. The Kier molecular flexibility index (Phi) is 9.20. The molecule has 4 aromatic rings. The number of rotatable bonds is 10. The average molecular weight is 568 g/mol. The third-order valence-electron chi connectivity index (χ3n) is 8.29. The van der Waals surface area contributed by atoms with Gasteiger partial charge in [0, 0.05) is 25.6 Å². The number of pyridine rings is 1. The number of unbranched alkanes of at least 4 members (excludes halogenated alkanes) is 1. The van der Waals surface area contributed by atoms with Gasteiger partial charge in [-0.2, -0.15) is 0 Å². The van der Waals surface area contributed by atoms with E-state index in [4.69, 9.17) is 9.97 Å². The number of carboxylic acids is 1. The number of fused-ring (bicyclic) bond motifs is 1. The number of anilines is 1. The molecule has 2 aromatic carbocycles. The zero-order valence-electron chi connectivity index (χ0n) is 24.9. The van der Waals surface area contributed by atoms with E-state index in [9.17, 15) is 14.7 Å². The number of nitrogens with one attached hydrogen (secondary N) is 1. The van der Waals surface area contributed by atoms with Crippen molar-refractivity contribution >= 4 is 28.9 Å². The summed E-state index contributed by atoms with van der Waals surface area (Å²) in [5.41, 5.74) is 6.12. The number of carboxylic acid groups (broad SMARTS) is 1. The molecule has 42 heavy (non-hydrogen) atoms. The smallest absolute Gasteiger partial charge is 0.336 e. The number of aromatic carboxylic acids is 1. The maximum atomic E-state index is 13.4. The van der Waals surface area contributed by atoms with Gasteiger partial charge in [-0.25, -0.2) is 19.6 Å². The topological polar surface area (TPSA) is 100 Å². The second-order valence-corrected chi connectivity index (χ2v) is 11.2. The van der Waals surface area contributed by atoms with Crippen molar-refractivity contribution in [3.05, 3.63) is 77.2 Å². The number of carbonyl (C=O) groups is 2. The van der Waals surface area contributed by atoms with E-state index in [2.05, 4.69) is 22.9 Å². The molecule has 0 saturated heterocycles. The second kappa shape index (κ2) is 13.2. The normalized spacial score (nSPS) is 13.8. The van der Waals surface area contributed by atoms with Crippen LogP contribution >= 0.6 is 0 Å². The summed E-state index contributed by atoms with van der Waals surface area (Å²) in [4.78, 5) is 36.7. The summed E-state index contributed by atoms with van der Waals surface area (Å²) < 4.78 is 2.22. The minimum Gasteiger partial charge on any atom is -0.478 e. The molecule has 0 spiro atoms. The first-order valence-corrected chi connectivity index (χ1v) is 15.3. The third-order valence-corrected chi connectivity index (χ3v) is 8.29. The van der Waals surface area contributed by atoms with Crippen molar-refractivity contribution in [3.63, 3.8) is 0 Å². The Hall–Kier alpha value is -4.20. The highest BCUT2D eigenvalue weighted by Gasteiger charge is 2.23. The van der Waals surface area contributed by atoms with Crippen molar-refractivity contribution in [3.8, 4) is 11.1 Å². The van der Waals surface area contributed by atoms with E-state index in [1.54, 1.807) is 17.0 Å². The van der Waals surface area contributed by atoms with Gasteiger partial charge in [0.1, 0.15) is 5.82 Å². The number of hydrogen-bond donors (Lipinski definition) is 2. The van der Waals surface area contributed by atoms with Crippen molar-refractivity contribution in [2.24, 2.45) is 0 Å². The van der Waals surface area contributed by atoms with Crippen molar-refractivity contribution < 1.29 is 14.7 Å². The molecule has 8 heteroatoms. The van der Waals surface area contributed by atoms with Gasteiger partial charge in [-0.1, -0.05) is 75.1 Å². The van der Waals surface area contributed by atoms with Gasteiger partial charge in [0.2, 0.25) is 0 Å². The fourth-order valence-corrected chi connectivity index (χ4v) is 5.97. The molecule has 5 rings (SSSR count). The first kappa shape index (κ1) is 29.3. The van der Waals surface area contributed by atoms with Gasteiger partial charge in [-0.05, 0) is 61.9 Å². The summed E-state index contributed by atoms with van der Waals surface area (Å²) in [6.45, 7) is 7.26. The minimum absolute atomic E-state index is 0.0665. The Balaban J connectivity index is 1.47. The molecule has 1 aliphatic rings. The van der Waals surface area contributed by atoms with Crippen molar-refractivity contribution in [1.82, 2.24) is 19.9 Å². The van der Waals surface area contributed by atoms with Gasteiger partial charge < -0.3 is 15.0 Å². The fraction of sp³-hybridized carbons (Fsp3) is 0.412. The predicted molar refractivity (Wildman–Crippen MR) is 167 cm³/mol. The zero-order chi connectivity index (χ0) is 29.6. The van der Waals surface area contributed by atoms with Gasteiger partial charge in [0.05, 0.1) is 22.5 Å². The largest absolute Gasteiger partial charge is 0.478 e. The quantitative estimate of drug-likeness (QED) is 0.208. The van der Waals surface area contributed by atoms with Crippen LogP contribution in [-0.2, 0) is 13.0 Å². The van der Waals surface area contributed by atoms with E-state index in [-0.39, 0.29) is 17.6 Å². The van der Waals surface area contributed by atoms with Crippen LogP contribution in [0.2, 0.25) is 0 Å². The molecular weight excluding hydrogens is 526 g/mol. The maximum Gasteiger partial charge on any atom is 0.336 e. The summed E-state index contributed by atoms with van der Waals surface area (Å²) in [7, 11) is 0. The van der Waals surface area contributed by atoms with Crippen LogP contribution in [0.15, 0.2) is 54.6 Å². The number of aryl methyl sites for hydroxylation is 2. The van der Waals surface area contributed by atoms with Crippen LogP contribution in [0.4, 0.5) is 10.5 Å². The Morgan fingerprint density at radius 3 is 2.45 bits per heavy atom. The number of aromatic nitrogens is 3. The van der Waals surface area contributed by atoms with Crippen LogP contribution in [0.3, 0.4) is 0 Å². The van der Waals surface area contributed by atoms with Crippen LogP contribution in [-0.4, -0.2) is 44.2 Å². The number of carbonyl (C=O) groups excluding carboxylic acids is 1. The fourth-order valence-electron chi connectivity index (χ4n) is 5.97. The summed E-state index contributed by atoms with van der Waals surface area (Å²) in [6, 6.07) is 17.3. The summed E-state index contributed by atoms with van der Waals surface area (Å²) >= 11 is 0. The van der Waals surface area contributed by atoms with E-state index in [0.29, 0.717) is 24.3 Å². The summed E-state index contributed by atoms with van der Waals surface area (Å²) in [5.74, 6) is 0.0400. The predicted octanol–water partition coefficient (Wildman–Crippen LogP) is 7.36. The van der Waals surface area contributed by atoms with Crippen LogP contribution in [0.25, 0.3) is 22.3 Å². The number of urea groups is 1. The second-order valence-electron chi connectivity index (χ2n) is 11.2. The first-order chi connectivity index (χ1) is 20.4. The lowest BCUT2D eigenvalue weighted by atomic mass is 9.96. The van der Waals surface area contributed by atoms with Gasteiger partial charge >= 0.3 is 12.0 Å². The van der Waals surface area contributed by atoms with Crippen LogP contribution in [0.5, 0.6) is 0 Å². The van der Waals surface area contributed by atoms with E-state index in [1.165, 1.54) is 6.42 Å². The average Bonchev–Trinajstić information content (AvgIpc) is 3.32. The van der Waals surface area contributed by atoms with Gasteiger partial charge in [-0.15, -0.1) is 0 Å². The molecular formula is C34H41N5O3. The van der Waals surface area contributed by atoms with Crippen molar-refractivity contribution in [2.45, 2.75) is 84.7 Å². The monoisotopic (exact) mass is 567 g/mol. The third kappa shape index (κ3) is 6.32. The molecule has 2 heterocycles. The van der Waals surface area contributed by atoms with Crippen LogP contribution in [0, 0.1) is 6.92 Å². The molecule has 2 aromatic heterocycles. The molecule has 8 nitrogen and oxygen atoms in total. The summed E-state index contributed by atoms with van der Waals surface area (Å²) in [6.07, 6.45) is 8.56. The standard InChI is InChI=1S/C34H41N5O3/c1-4-6-16-31-37-32-30(21-29(23(3)35-32)38(5-2)34(42)36-26-12-8-7-9-13-26)39(31)22-24-17-19-25(20-18-24)27-14-10-11-15-28(27)33(40)41/h10-11,14-15,17-21,26H,4-9,12-13,16,22H2,1-3H3,(H,36,42)(H,40,41). The minimum atomic E-state index is -0.938. The summed E-state index contributed by atoms with van der Waals surface area (Å²) in [5, 5.41) is 12.9. The lowest BCUT2D eigenvalue weighted by Crippen LogP contribution is -2.46. The van der Waals surface area contributed by atoms with Gasteiger partial charge in [0.25, 0.3) is 0 Å². The van der Waals surface area contributed by atoms with E-state index < -0.39 is 5.97 Å². The Morgan fingerprint density at radius 1 is 1.02 bits per heavy atom. The SMILES string of the molecule is CCCCc1nc2nc(C)c(N(CC)C(=O)NC3CCCCC3)cc2n1Cc1ccc(-c2ccccc2C(=O)O)cc1. The molecule has 0 radical (unpaired) electrons. The number of amides is 2. The molecule has 0 aliphatic heterocycles. The highest BCUT2D eigenvalue weighted by Crippen LogP contribution is 2.29. The Labute approximate surface area is 247 Å². The molecule has 220 valence electrons. The molecule has 2 N–H and O–H groups in total. The number of imidazole rings is 1. The molecule has 1 saturated carbocycles. The highest BCUT2D eigenvalue weighted by atomic mass is 16.4. The van der Waals surface area contributed by atoms with Gasteiger partial charge in [0.15, 0.2) is 5.65 Å². The van der Waals surface area contributed by atoms with Gasteiger partial charge in [-0.3, -0.25) is 4.90 Å². The van der Waals surface area contributed by atoms with Crippen LogP contribution in [0.1, 0.15) is 86.2 Å². The molecule has 2 amide bonds. The lowest BCUT2D eigenvalue weighted by molar-refractivity contribution is 0.0697. The lowest BCUT2D eigenvalue weighted by Gasteiger charge is -2.28. The maximum absolute atomic E-state index is 13.4. The molecule has 0 unspecified atom stereocenters.